The van der Waals surface area contributed by atoms with Gasteiger partial charge in [0.1, 0.15) is 11.6 Å². The fourth-order valence-electron chi connectivity index (χ4n) is 1.49. The molecule has 0 fully saturated rings. The van der Waals surface area contributed by atoms with E-state index in [9.17, 15) is 13.6 Å². The van der Waals surface area contributed by atoms with E-state index in [4.69, 9.17) is 11.6 Å². The van der Waals surface area contributed by atoms with Gasteiger partial charge in [0, 0.05) is 17.2 Å². The van der Waals surface area contributed by atoms with E-state index in [1.54, 1.807) is 18.2 Å². The minimum atomic E-state index is -0.791. The number of carbonyl (C=O) groups is 1. The van der Waals surface area contributed by atoms with Crippen LogP contribution in [0, 0.1) is 11.6 Å². The van der Waals surface area contributed by atoms with E-state index in [-0.39, 0.29) is 16.1 Å². The molecule has 0 amide bonds. The number of ketones is 1. The van der Waals surface area contributed by atoms with E-state index < -0.39 is 17.4 Å². The van der Waals surface area contributed by atoms with Crippen molar-refractivity contribution in [1.82, 2.24) is 0 Å². The van der Waals surface area contributed by atoms with Gasteiger partial charge in [-0.3, -0.25) is 4.79 Å². The van der Waals surface area contributed by atoms with Crippen LogP contribution in [0.2, 0.25) is 5.02 Å². The van der Waals surface area contributed by atoms with Crippen LogP contribution in [0.5, 0.6) is 0 Å². The first-order chi connectivity index (χ1) is 8.08. The number of halogens is 3. The molecular weight excluding hydrogens is 246 g/mol. The van der Waals surface area contributed by atoms with Crippen molar-refractivity contribution in [3.8, 4) is 0 Å². The zero-order chi connectivity index (χ0) is 12.4. The summed E-state index contributed by atoms with van der Waals surface area (Å²) in [5.41, 5.74) is 0.162. The smallest absolute Gasteiger partial charge is 0.194 e. The number of hydrogen-bond acceptors (Lipinski definition) is 1. The highest BCUT2D eigenvalue weighted by atomic mass is 35.5. The van der Waals surface area contributed by atoms with Crippen molar-refractivity contribution in [2.45, 2.75) is 0 Å². The summed E-state index contributed by atoms with van der Waals surface area (Å²) in [7, 11) is 0. The molecule has 0 N–H and O–H groups in total. The summed E-state index contributed by atoms with van der Waals surface area (Å²) in [6.07, 6.45) is 0. The maximum atomic E-state index is 13.0. The molecule has 0 aliphatic rings. The molecule has 0 aliphatic heterocycles. The Bertz CT molecular complexity index is 561. The van der Waals surface area contributed by atoms with E-state index in [2.05, 4.69) is 0 Å². The molecule has 0 atom stereocenters. The Morgan fingerprint density at radius 3 is 2.18 bits per heavy atom. The van der Waals surface area contributed by atoms with Crippen LogP contribution in [0.1, 0.15) is 15.9 Å². The lowest BCUT2D eigenvalue weighted by Crippen LogP contribution is -2.03. The highest BCUT2D eigenvalue weighted by Gasteiger charge is 2.14. The summed E-state index contributed by atoms with van der Waals surface area (Å²) in [6.45, 7) is 0. The van der Waals surface area contributed by atoms with Gasteiger partial charge in [0.05, 0.1) is 5.02 Å². The van der Waals surface area contributed by atoms with Crippen LogP contribution in [-0.2, 0) is 0 Å². The Kier molecular flexibility index (Phi) is 3.20. The summed E-state index contributed by atoms with van der Waals surface area (Å²) in [6, 6.07) is 9.03. The van der Waals surface area contributed by atoms with E-state index in [1.165, 1.54) is 6.07 Å². The first-order valence-corrected chi connectivity index (χ1v) is 5.21. The second kappa shape index (κ2) is 4.63. The number of rotatable bonds is 2. The van der Waals surface area contributed by atoms with Gasteiger partial charge in [-0.05, 0) is 24.3 Å². The van der Waals surface area contributed by atoms with Crippen molar-refractivity contribution in [1.29, 1.82) is 0 Å². The first kappa shape index (κ1) is 11.7. The third kappa shape index (κ3) is 2.50. The molecule has 0 heterocycles. The second-order valence-corrected chi connectivity index (χ2v) is 3.87. The lowest BCUT2D eigenvalue weighted by Gasteiger charge is -2.03. The van der Waals surface area contributed by atoms with Gasteiger partial charge < -0.3 is 0 Å². The maximum Gasteiger partial charge on any atom is 0.194 e. The van der Waals surface area contributed by atoms with Crippen LogP contribution in [0.4, 0.5) is 8.78 Å². The predicted octanol–water partition coefficient (Wildman–Crippen LogP) is 3.85. The molecule has 2 aromatic carbocycles. The molecule has 86 valence electrons. The molecule has 0 saturated carbocycles. The third-order valence-corrected chi connectivity index (χ3v) is 2.57. The lowest BCUT2D eigenvalue weighted by atomic mass is 10.0. The quantitative estimate of drug-likeness (QED) is 0.742. The first-order valence-electron chi connectivity index (χ1n) is 4.83. The van der Waals surface area contributed by atoms with Crippen LogP contribution in [0.15, 0.2) is 42.5 Å². The van der Waals surface area contributed by atoms with Crippen molar-refractivity contribution in [2.24, 2.45) is 0 Å². The van der Waals surface area contributed by atoms with Gasteiger partial charge in [0.2, 0.25) is 0 Å². The van der Waals surface area contributed by atoms with E-state index >= 15 is 0 Å². The number of hydrogen-bond donors (Lipinski definition) is 0. The second-order valence-electron chi connectivity index (χ2n) is 3.47. The fourth-order valence-corrected chi connectivity index (χ4v) is 1.71. The molecule has 0 bridgehead atoms. The molecular formula is C13H7ClF2O. The number of carbonyl (C=O) groups excluding carboxylic acids is 1. The average Bonchev–Trinajstić information content (AvgIpc) is 2.27. The van der Waals surface area contributed by atoms with Crippen molar-refractivity contribution < 1.29 is 13.6 Å². The minimum Gasteiger partial charge on any atom is -0.289 e. The van der Waals surface area contributed by atoms with Crippen molar-refractivity contribution in [3.63, 3.8) is 0 Å². The highest BCUT2D eigenvalue weighted by Crippen LogP contribution is 2.20. The van der Waals surface area contributed by atoms with E-state index in [0.717, 1.165) is 12.1 Å². The largest absolute Gasteiger partial charge is 0.289 e. The van der Waals surface area contributed by atoms with Gasteiger partial charge in [0.25, 0.3) is 0 Å². The standard InChI is InChI=1S/C13H7ClF2O/c14-12-4-2-1-3-11(12)13(17)8-5-9(15)7-10(16)6-8/h1-7H. The van der Waals surface area contributed by atoms with Crippen molar-refractivity contribution >= 4 is 17.4 Å². The molecule has 0 aromatic heterocycles. The van der Waals surface area contributed by atoms with Gasteiger partial charge >= 0.3 is 0 Å². The van der Waals surface area contributed by atoms with Crippen LogP contribution in [0.3, 0.4) is 0 Å². The Morgan fingerprint density at radius 2 is 1.59 bits per heavy atom. The molecule has 1 nitrogen and oxygen atoms in total. The summed E-state index contributed by atoms with van der Waals surface area (Å²) in [5, 5.41) is 0.252. The lowest BCUT2D eigenvalue weighted by molar-refractivity contribution is 0.103. The van der Waals surface area contributed by atoms with Crippen molar-refractivity contribution in [3.05, 3.63) is 70.2 Å². The minimum absolute atomic E-state index is 0.0596. The Balaban J connectivity index is 2.48. The summed E-state index contributed by atoms with van der Waals surface area (Å²) < 4.78 is 26.0. The van der Waals surface area contributed by atoms with Crippen LogP contribution < -0.4 is 0 Å². The zero-order valence-corrected chi connectivity index (χ0v) is 9.34. The van der Waals surface area contributed by atoms with Gasteiger partial charge in [-0.25, -0.2) is 8.78 Å². The summed E-state index contributed by atoms with van der Waals surface area (Å²) in [5.74, 6) is -2.09. The van der Waals surface area contributed by atoms with Crippen LogP contribution in [-0.4, -0.2) is 5.78 Å². The van der Waals surface area contributed by atoms with Gasteiger partial charge in [-0.1, -0.05) is 23.7 Å². The SMILES string of the molecule is O=C(c1cc(F)cc(F)c1)c1ccccc1Cl. The fraction of sp³-hybridized carbons (Fsp3) is 0. The van der Waals surface area contributed by atoms with Gasteiger partial charge in [0.15, 0.2) is 5.78 Å². The molecule has 0 unspecified atom stereocenters. The highest BCUT2D eigenvalue weighted by molar-refractivity contribution is 6.34. The molecule has 17 heavy (non-hydrogen) atoms. The monoisotopic (exact) mass is 252 g/mol. The number of benzene rings is 2. The molecule has 2 aromatic rings. The van der Waals surface area contributed by atoms with E-state index in [1.807, 2.05) is 0 Å². The summed E-state index contributed by atoms with van der Waals surface area (Å²) in [4.78, 5) is 12.0. The molecule has 2 rings (SSSR count). The predicted molar refractivity (Wildman–Crippen MR) is 61.2 cm³/mol. The Labute approximate surface area is 102 Å². The van der Waals surface area contributed by atoms with Crippen molar-refractivity contribution in [2.75, 3.05) is 0 Å². The molecule has 0 spiro atoms. The van der Waals surface area contributed by atoms with Gasteiger partial charge in [-0.15, -0.1) is 0 Å². The summed E-state index contributed by atoms with van der Waals surface area (Å²) >= 11 is 5.84. The zero-order valence-electron chi connectivity index (χ0n) is 8.58. The average molecular weight is 253 g/mol. The van der Waals surface area contributed by atoms with Gasteiger partial charge in [-0.2, -0.15) is 0 Å². The Morgan fingerprint density at radius 1 is 1.00 bits per heavy atom. The molecule has 0 saturated heterocycles. The normalized spacial score (nSPS) is 10.3. The van der Waals surface area contributed by atoms with E-state index in [0.29, 0.717) is 6.07 Å². The van der Waals surface area contributed by atoms with Crippen LogP contribution >= 0.6 is 11.6 Å². The maximum absolute atomic E-state index is 13.0. The Hall–Kier alpha value is -1.74. The van der Waals surface area contributed by atoms with Crippen LogP contribution in [0.25, 0.3) is 0 Å². The molecule has 0 aliphatic carbocycles. The topological polar surface area (TPSA) is 17.1 Å². The molecule has 0 radical (unpaired) electrons. The molecule has 4 heteroatoms. The third-order valence-electron chi connectivity index (χ3n) is 2.24.